The van der Waals surface area contributed by atoms with Gasteiger partial charge in [0.05, 0.1) is 17.0 Å². The smallest absolute Gasteiger partial charge is 0.354 e. The van der Waals surface area contributed by atoms with E-state index < -0.39 is 22.2 Å². The average molecular weight is 431 g/mol. The Kier molecular flexibility index (Phi) is 5.40. The summed E-state index contributed by atoms with van der Waals surface area (Å²) in [5.41, 5.74) is 1.92. The lowest BCUT2D eigenvalue weighted by atomic mass is 10.2. The number of H-pyrrole nitrogens is 1. The molecule has 1 aliphatic rings. The Morgan fingerprint density at radius 1 is 1.20 bits per heavy atom. The number of aromatic amines is 1. The van der Waals surface area contributed by atoms with Gasteiger partial charge in [-0.1, -0.05) is 17.7 Å². The normalized spacial score (nSPS) is 15.9. The van der Waals surface area contributed by atoms with Crippen molar-refractivity contribution >= 4 is 27.0 Å². The molecule has 8 nitrogen and oxygen atoms in total. The number of aryl methyl sites for hydroxylation is 1. The molecular formula is C21H21NO7S. The van der Waals surface area contributed by atoms with Crippen molar-refractivity contribution in [3.05, 3.63) is 53.7 Å². The number of hydrogen-bond donors (Lipinski definition) is 1. The summed E-state index contributed by atoms with van der Waals surface area (Å²) >= 11 is 0. The summed E-state index contributed by atoms with van der Waals surface area (Å²) in [6, 6.07) is 11.5. The van der Waals surface area contributed by atoms with Crippen molar-refractivity contribution in [1.29, 1.82) is 0 Å². The number of benzene rings is 2. The van der Waals surface area contributed by atoms with Gasteiger partial charge in [-0.2, -0.15) is 8.42 Å². The molecule has 0 spiro atoms. The van der Waals surface area contributed by atoms with Crippen LogP contribution in [0.25, 0.3) is 10.9 Å². The first-order chi connectivity index (χ1) is 14.4. The predicted octanol–water partition coefficient (Wildman–Crippen LogP) is 3.20. The van der Waals surface area contributed by atoms with Gasteiger partial charge in [-0.15, -0.1) is 0 Å². The first-order valence-corrected chi connectivity index (χ1v) is 10.9. The van der Waals surface area contributed by atoms with E-state index in [1.165, 1.54) is 12.1 Å². The Bertz CT molecular complexity index is 1180. The molecule has 1 aromatic heterocycles. The Labute approximate surface area is 173 Å². The summed E-state index contributed by atoms with van der Waals surface area (Å²) < 4.78 is 46.7. The zero-order valence-electron chi connectivity index (χ0n) is 16.5. The van der Waals surface area contributed by atoms with Crippen LogP contribution in [0.3, 0.4) is 0 Å². The largest absolute Gasteiger partial charge is 0.486 e. The van der Waals surface area contributed by atoms with Crippen LogP contribution < -0.4 is 9.47 Å². The molecule has 1 aliphatic heterocycles. The molecule has 158 valence electrons. The van der Waals surface area contributed by atoms with Crippen LogP contribution in [0.2, 0.25) is 0 Å². The molecule has 1 atom stereocenters. The second kappa shape index (κ2) is 8.00. The minimum atomic E-state index is -3.91. The Morgan fingerprint density at radius 2 is 1.97 bits per heavy atom. The van der Waals surface area contributed by atoms with E-state index >= 15 is 0 Å². The maximum Gasteiger partial charge on any atom is 0.354 e. The van der Waals surface area contributed by atoms with E-state index in [-0.39, 0.29) is 24.7 Å². The van der Waals surface area contributed by atoms with E-state index in [0.717, 1.165) is 5.56 Å². The fourth-order valence-electron chi connectivity index (χ4n) is 3.12. The van der Waals surface area contributed by atoms with Gasteiger partial charge in [-0.05, 0) is 44.2 Å². The highest BCUT2D eigenvalue weighted by Crippen LogP contribution is 2.39. The molecule has 2 aromatic carbocycles. The van der Waals surface area contributed by atoms with E-state index in [9.17, 15) is 13.2 Å². The van der Waals surface area contributed by atoms with E-state index in [1.54, 1.807) is 37.3 Å². The third-order valence-corrected chi connectivity index (χ3v) is 5.94. The molecule has 0 amide bonds. The van der Waals surface area contributed by atoms with Crippen LogP contribution in [-0.4, -0.2) is 45.3 Å². The number of hydrogen-bond acceptors (Lipinski definition) is 7. The minimum absolute atomic E-state index is 0.0809. The lowest BCUT2D eigenvalue weighted by Gasteiger charge is -2.26. The zero-order valence-corrected chi connectivity index (χ0v) is 17.3. The van der Waals surface area contributed by atoms with Gasteiger partial charge in [-0.25, -0.2) is 4.79 Å². The summed E-state index contributed by atoms with van der Waals surface area (Å²) in [6.07, 6.45) is -0.635. The second-order valence-electron chi connectivity index (χ2n) is 6.86. The first-order valence-electron chi connectivity index (χ1n) is 9.46. The molecule has 9 heteroatoms. The minimum Gasteiger partial charge on any atom is -0.486 e. The fourth-order valence-corrected chi connectivity index (χ4v) is 4.05. The summed E-state index contributed by atoms with van der Waals surface area (Å²) in [7, 11) is -3.91. The maximum atomic E-state index is 12.4. The highest BCUT2D eigenvalue weighted by Gasteiger charge is 2.27. The molecule has 0 bridgehead atoms. The molecule has 3 aromatic rings. The van der Waals surface area contributed by atoms with Gasteiger partial charge in [-0.3, -0.25) is 4.18 Å². The molecule has 0 unspecified atom stereocenters. The SMILES string of the molecule is CCOC(=O)c1cc2c3c(ccc2[nH]1)OC[C@@H](COS(=O)(=O)c1ccc(C)cc1)O3. The van der Waals surface area contributed by atoms with Gasteiger partial charge >= 0.3 is 5.97 Å². The number of esters is 1. The molecule has 4 rings (SSSR count). The van der Waals surface area contributed by atoms with Crippen molar-refractivity contribution in [2.75, 3.05) is 19.8 Å². The third kappa shape index (κ3) is 3.99. The lowest BCUT2D eigenvalue weighted by Crippen LogP contribution is -2.34. The van der Waals surface area contributed by atoms with Crippen LogP contribution >= 0.6 is 0 Å². The van der Waals surface area contributed by atoms with Gasteiger partial charge < -0.3 is 19.2 Å². The number of nitrogens with one attached hydrogen (secondary N) is 1. The summed E-state index contributed by atoms with van der Waals surface area (Å²) in [6.45, 7) is 3.80. The fraction of sp³-hybridized carbons (Fsp3) is 0.286. The van der Waals surface area contributed by atoms with Crippen LogP contribution in [0.4, 0.5) is 0 Å². The van der Waals surface area contributed by atoms with E-state index in [2.05, 4.69) is 4.98 Å². The van der Waals surface area contributed by atoms with Crippen LogP contribution in [0, 0.1) is 6.92 Å². The van der Waals surface area contributed by atoms with E-state index in [1.807, 2.05) is 6.92 Å². The van der Waals surface area contributed by atoms with Crippen molar-refractivity contribution < 1.29 is 31.6 Å². The zero-order chi connectivity index (χ0) is 21.3. The number of carbonyl (C=O) groups excluding carboxylic acids is 1. The number of aromatic nitrogens is 1. The van der Waals surface area contributed by atoms with Crippen molar-refractivity contribution in [2.45, 2.75) is 24.8 Å². The van der Waals surface area contributed by atoms with Crippen molar-refractivity contribution in [3.63, 3.8) is 0 Å². The van der Waals surface area contributed by atoms with E-state index in [4.69, 9.17) is 18.4 Å². The molecule has 1 N–H and O–H groups in total. The number of ether oxygens (including phenoxy) is 3. The average Bonchev–Trinajstić information content (AvgIpc) is 3.18. The number of fused-ring (bicyclic) bond motifs is 3. The van der Waals surface area contributed by atoms with Gasteiger partial charge in [0.1, 0.15) is 18.9 Å². The van der Waals surface area contributed by atoms with Gasteiger partial charge in [0.2, 0.25) is 0 Å². The number of carbonyl (C=O) groups is 1. The summed E-state index contributed by atoms with van der Waals surface area (Å²) in [4.78, 5) is 15.1. The lowest BCUT2D eigenvalue weighted by molar-refractivity contribution is 0.0520. The third-order valence-electron chi connectivity index (χ3n) is 4.64. The standard InChI is InChI=1S/C21H21NO7S/c1-3-26-21(23)18-10-16-17(22-18)8-9-19-20(16)29-14(11-27-19)12-28-30(24,25)15-6-4-13(2)5-7-15/h4-10,14,22H,3,11-12H2,1-2H3/t14-/m0/s1. The molecule has 0 fully saturated rings. The van der Waals surface area contributed by atoms with Gasteiger partial charge in [0.15, 0.2) is 17.6 Å². The summed E-state index contributed by atoms with van der Waals surface area (Å²) in [5, 5.41) is 0.640. The Morgan fingerprint density at radius 3 is 2.70 bits per heavy atom. The first kappa shape index (κ1) is 20.2. The van der Waals surface area contributed by atoms with Crippen LogP contribution in [0.15, 0.2) is 47.4 Å². The topological polar surface area (TPSA) is 104 Å². The van der Waals surface area contributed by atoms with Crippen molar-refractivity contribution in [1.82, 2.24) is 4.98 Å². The molecule has 2 heterocycles. The van der Waals surface area contributed by atoms with Crippen molar-refractivity contribution in [2.24, 2.45) is 0 Å². The highest BCUT2D eigenvalue weighted by molar-refractivity contribution is 7.86. The quantitative estimate of drug-likeness (QED) is 0.472. The van der Waals surface area contributed by atoms with Crippen molar-refractivity contribution in [3.8, 4) is 11.5 Å². The summed E-state index contributed by atoms with van der Waals surface area (Å²) in [5.74, 6) is 0.463. The second-order valence-corrected chi connectivity index (χ2v) is 8.48. The monoisotopic (exact) mass is 431 g/mol. The van der Waals surface area contributed by atoms with Crippen LogP contribution in [0.5, 0.6) is 11.5 Å². The molecule has 0 aliphatic carbocycles. The molecule has 0 saturated carbocycles. The van der Waals surface area contributed by atoms with Gasteiger partial charge in [0.25, 0.3) is 10.1 Å². The highest BCUT2D eigenvalue weighted by atomic mass is 32.2. The Hall–Kier alpha value is -3.04. The molecule has 0 saturated heterocycles. The van der Waals surface area contributed by atoms with Gasteiger partial charge in [0, 0.05) is 5.39 Å². The molecule has 0 radical (unpaired) electrons. The Balaban J connectivity index is 1.51. The molecular weight excluding hydrogens is 410 g/mol. The predicted molar refractivity (Wildman–Crippen MR) is 108 cm³/mol. The van der Waals surface area contributed by atoms with Crippen LogP contribution in [0.1, 0.15) is 23.0 Å². The molecule has 30 heavy (non-hydrogen) atoms. The van der Waals surface area contributed by atoms with E-state index in [0.29, 0.717) is 28.1 Å². The number of rotatable bonds is 6. The maximum absolute atomic E-state index is 12.4. The van der Waals surface area contributed by atoms with Crippen LogP contribution in [-0.2, 0) is 19.0 Å².